The number of thioether (sulfide) groups is 1. The molecule has 116 valence electrons. The summed E-state index contributed by atoms with van der Waals surface area (Å²) in [5.74, 6) is -0.261. The minimum atomic E-state index is -0.332. The number of imidazole rings is 1. The number of aromatic hydroxyl groups is 1. The average molecular weight is 326 g/mol. The first-order valence-corrected chi connectivity index (χ1v) is 8.04. The molecule has 0 aliphatic rings. The number of pyridine rings is 1. The van der Waals surface area contributed by atoms with E-state index in [1.807, 2.05) is 29.2 Å². The van der Waals surface area contributed by atoms with E-state index in [9.17, 15) is 9.90 Å². The quantitative estimate of drug-likeness (QED) is 0.721. The van der Waals surface area contributed by atoms with Gasteiger partial charge in [0.15, 0.2) is 16.7 Å². The van der Waals surface area contributed by atoms with Crippen LogP contribution in [-0.4, -0.2) is 31.8 Å². The Morgan fingerprint density at radius 3 is 2.65 bits per heavy atom. The van der Waals surface area contributed by atoms with Gasteiger partial charge in [-0.15, -0.1) is 0 Å². The summed E-state index contributed by atoms with van der Waals surface area (Å²) in [5.41, 5.74) is 1.40. The Morgan fingerprint density at radius 1 is 1.17 bits per heavy atom. The van der Waals surface area contributed by atoms with Gasteiger partial charge < -0.3 is 10.4 Å². The summed E-state index contributed by atoms with van der Waals surface area (Å²) in [6.07, 6.45) is 7.06. The van der Waals surface area contributed by atoms with Crippen LogP contribution >= 0.6 is 11.8 Å². The van der Waals surface area contributed by atoms with Gasteiger partial charge in [-0.05, 0) is 42.7 Å². The van der Waals surface area contributed by atoms with Gasteiger partial charge in [-0.25, -0.2) is 9.97 Å². The van der Waals surface area contributed by atoms with Crippen molar-refractivity contribution in [1.82, 2.24) is 14.5 Å². The Labute approximate surface area is 137 Å². The van der Waals surface area contributed by atoms with E-state index in [0.29, 0.717) is 5.56 Å². The molecule has 6 nitrogen and oxygen atoms in total. The van der Waals surface area contributed by atoms with Gasteiger partial charge in [-0.1, -0.05) is 11.8 Å². The Balaban J connectivity index is 1.79. The zero-order chi connectivity index (χ0) is 16.2. The van der Waals surface area contributed by atoms with Gasteiger partial charge in [0, 0.05) is 29.8 Å². The Kier molecular flexibility index (Phi) is 4.29. The molecule has 0 spiro atoms. The molecule has 0 aliphatic carbocycles. The SMILES string of the molecule is CSc1nccn1-c1ccc(C(=O)Nc2ncccc2O)cc1. The molecule has 23 heavy (non-hydrogen) atoms. The van der Waals surface area contributed by atoms with E-state index in [4.69, 9.17) is 0 Å². The van der Waals surface area contributed by atoms with Crippen LogP contribution in [0.25, 0.3) is 5.69 Å². The lowest BCUT2D eigenvalue weighted by Gasteiger charge is -2.08. The van der Waals surface area contributed by atoms with Crippen molar-refractivity contribution in [3.8, 4) is 11.4 Å². The zero-order valence-electron chi connectivity index (χ0n) is 12.3. The molecule has 0 radical (unpaired) electrons. The lowest BCUT2D eigenvalue weighted by molar-refractivity contribution is 0.102. The molecule has 3 aromatic rings. The van der Waals surface area contributed by atoms with Crippen LogP contribution in [0.1, 0.15) is 10.4 Å². The number of carbonyl (C=O) groups is 1. The van der Waals surface area contributed by atoms with Gasteiger partial charge >= 0.3 is 0 Å². The largest absolute Gasteiger partial charge is 0.504 e. The fourth-order valence-electron chi connectivity index (χ4n) is 2.08. The van der Waals surface area contributed by atoms with Crippen molar-refractivity contribution in [3.05, 3.63) is 60.6 Å². The second-order valence-electron chi connectivity index (χ2n) is 4.66. The van der Waals surface area contributed by atoms with Crippen molar-refractivity contribution in [1.29, 1.82) is 0 Å². The number of hydrogen-bond acceptors (Lipinski definition) is 5. The van der Waals surface area contributed by atoms with Gasteiger partial charge in [0.25, 0.3) is 5.91 Å². The molecule has 0 aliphatic heterocycles. The third kappa shape index (κ3) is 3.19. The van der Waals surface area contributed by atoms with Crippen molar-refractivity contribution >= 4 is 23.5 Å². The highest BCUT2D eigenvalue weighted by molar-refractivity contribution is 7.98. The predicted molar refractivity (Wildman–Crippen MR) is 89.2 cm³/mol. The highest BCUT2D eigenvalue weighted by Gasteiger charge is 2.10. The molecule has 1 aromatic carbocycles. The van der Waals surface area contributed by atoms with Crippen molar-refractivity contribution in [2.24, 2.45) is 0 Å². The van der Waals surface area contributed by atoms with Crippen molar-refractivity contribution in [2.45, 2.75) is 5.16 Å². The summed E-state index contributed by atoms with van der Waals surface area (Å²) in [4.78, 5) is 20.4. The van der Waals surface area contributed by atoms with Crippen LogP contribution in [0.15, 0.2) is 60.1 Å². The van der Waals surface area contributed by atoms with Crippen LogP contribution in [0.4, 0.5) is 5.82 Å². The van der Waals surface area contributed by atoms with Crippen LogP contribution in [0, 0.1) is 0 Å². The summed E-state index contributed by atoms with van der Waals surface area (Å²) in [5, 5.41) is 13.1. The maximum absolute atomic E-state index is 12.2. The molecular weight excluding hydrogens is 312 g/mol. The molecule has 0 bridgehead atoms. The van der Waals surface area contributed by atoms with E-state index < -0.39 is 0 Å². The van der Waals surface area contributed by atoms with Gasteiger partial charge in [0.2, 0.25) is 0 Å². The van der Waals surface area contributed by atoms with Gasteiger partial charge in [0.1, 0.15) is 0 Å². The summed E-state index contributed by atoms with van der Waals surface area (Å²) in [6, 6.07) is 10.2. The number of rotatable bonds is 4. The van der Waals surface area contributed by atoms with Crippen molar-refractivity contribution in [2.75, 3.05) is 11.6 Å². The third-order valence-corrected chi connectivity index (χ3v) is 3.88. The van der Waals surface area contributed by atoms with Crippen LogP contribution < -0.4 is 5.32 Å². The molecule has 0 saturated heterocycles. The number of aromatic nitrogens is 3. The fraction of sp³-hybridized carbons (Fsp3) is 0.0625. The van der Waals surface area contributed by atoms with Gasteiger partial charge in [-0.3, -0.25) is 9.36 Å². The summed E-state index contributed by atoms with van der Waals surface area (Å²) in [6.45, 7) is 0. The summed E-state index contributed by atoms with van der Waals surface area (Å²) in [7, 11) is 0. The molecule has 2 heterocycles. The molecule has 3 rings (SSSR count). The van der Waals surface area contributed by atoms with Gasteiger partial charge in [-0.2, -0.15) is 0 Å². The van der Waals surface area contributed by atoms with Gasteiger partial charge in [0.05, 0.1) is 0 Å². The first kappa shape index (κ1) is 15.1. The zero-order valence-corrected chi connectivity index (χ0v) is 13.1. The smallest absolute Gasteiger partial charge is 0.256 e. The Morgan fingerprint density at radius 2 is 1.96 bits per heavy atom. The van der Waals surface area contributed by atoms with Crippen LogP contribution in [0.2, 0.25) is 0 Å². The molecule has 0 atom stereocenters. The summed E-state index contributed by atoms with van der Waals surface area (Å²) < 4.78 is 1.94. The molecule has 0 unspecified atom stereocenters. The van der Waals surface area contributed by atoms with Crippen molar-refractivity contribution < 1.29 is 9.90 Å². The lowest BCUT2D eigenvalue weighted by atomic mass is 10.2. The van der Waals surface area contributed by atoms with Crippen molar-refractivity contribution in [3.63, 3.8) is 0 Å². The molecular formula is C16H14N4O2S. The Bertz CT molecular complexity index is 830. The normalized spacial score (nSPS) is 10.5. The molecule has 7 heteroatoms. The number of amides is 1. The van der Waals surface area contributed by atoms with E-state index in [1.54, 1.807) is 36.2 Å². The number of benzene rings is 1. The van der Waals surface area contributed by atoms with E-state index in [0.717, 1.165) is 10.8 Å². The highest BCUT2D eigenvalue weighted by atomic mass is 32.2. The highest BCUT2D eigenvalue weighted by Crippen LogP contribution is 2.21. The average Bonchev–Trinajstić information content (AvgIpc) is 3.05. The Hall–Kier alpha value is -2.80. The van der Waals surface area contributed by atoms with E-state index in [2.05, 4.69) is 15.3 Å². The number of nitrogens with zero attached hydrogens (tertiary/aromatic N) is 3. The van der Waals surface area contributed by atoms with E-state index in [-0.39, 0.29) is 17.5 Å². The molecule has 2 aromatic heterocycles. The molecule has 1 amide bonds. The number of hydrogen-bond donors (Lipinski definition) is 2. The molecule has 0 fully saturated rings. The first-order chi connectivity index (χ1) is 11.2. The standard InChI is InChI=1S/C16H14N4O2S/c1-23-16-18-9-10-20(16)12-6-4-11(5-7-12)15(22)19-14-13(21)3-2-8-17-14/h2-10,21H,1H3,(H,17,19,22). The van der Waals surface area contributed by atoms with Crippen LogP contribution in [0.3, 0.4) is 0 Å². The predicted octanol–water partition coefficient (Wildman–Crippen LogP) is 2.95. The summed E-state index contributed by atoms with van der Waals surface area (Å²) >= 11 is 1.55. The first-order valence-electron chi connectivity index (χ1n) is 6.82. The minimum Gasteiger partial charge on any atom is -0.504 e. The maximum atomic E-state index is 12.2. The lowest BCUT2D eigenvalue weighted by Crippen LogP contribution is -2.13. The maximum Gasteiger partial charge on any atom is 0.256 e. The fourth-order valence-corrected chi connectivity index (χ4v) is 2.61. The number of anilines is 1. The monoisotopic (exact) mass is 326 g/mol. The topological polar surface area (TPSA) is 80.0 Å². The van der Waals surface area contributed by atoms with Crippen LogP contribution in [-0.2, 0) is 0 Å². The van der Waals surface area contributed by atoms with E-state index in [1.165, 1.54) is 12.3 Å². The molecule has 2 N–H and O–H groups in total. The van der Waals surface area contributed by atoms with E-state index >= 15 is 0 Å². The number of nitrogens with one attached hydrogen (secondary N) is 1. The number of carbonyl (C=O) groups excluding carboxylic acids is 1. The second kappa shape index (κ2) is 6.53. The molecule has 0 saturated carbocycles. The van der Waals surface area contributed by atoms with Crippen LogP contribution in [0.5, 0.6) is 5.75 Å². The minimum absolute atomic E-state index is 0.0690. The third-order valence-electron chi connectivity index (χ3n) is 3.22. The second-order valence-corrected chi connectivity index (χ2v) is 5.43.